The lowest BCUT2D eigenvalue weighted by atomic mass is 9.68. The number of hydrogen-bond donors (Lipinski definition) is 1. The first-order chi connectivity index (χ1) is 15.0. The molecule has 156 valence electrons. The van der Waals surface area contributed by atoms with E-state index in [0.29, 0.717) is 11.3 Å². The minimum atomic E-state index is -1.72. The molecule has 2 aliphatic rings. The summed E-state index contributed by atoms with van der Waals surface area (Å²) in [5.41, 5.74) is 6.22. The second-order valence-electron chi connectivity index (χ2n) is 7.25. The summed E-state index contributed by atoms with van der Waals surface area (Å²) in [6, 6.07) is 18.6. The monoisotopic (exact) mass is 415 g/mol. The lowest BCUT2D eigenvalue weighted by Crippen LogP contribution is -2.48. The molecule has 7 heteroatoms. The smallest absolute Gasteiger partial charge is 0.339 e. The summed E-state index contributed by atoms with van der Waals surface area (Å²) in [5, 5.41) is 10.0. The highest BCUT2D eigenvalue weighted by Crippen LogP contribution is 2.54. The number of carbonyl (C=O) groups excluding carboxylic acids is 2. The molecule has 2 heterocycles. The van der Waals surface area contributed by atoms with Gasteiger partial charge in [-0.15, -0.1) is 0 Å². The number of esters is 1. The number of hydrogen-bond acceptors (Lipinski definition) is 6. The summed E-state index contributed by atoms with van der Waals surface area (Å²) < 4.78 is 10.8. The van der Waals surface area contributed by atoms with Crippen LogP contribution in [0.2, 0.25) is 0 Å². The first-order valence-electron chi connectivity index (χ1n) is 9.88. The Bertz CT molecular complexity index is 1180. The summed E-state index contributed by atoms with van der Waals surface area (Å²) >= 11 is 0. The van der Waals surface area contributed by atoms with Gasteiger partial charge in [0.15, 0.2) is 5.41 Å². The Labute approximate surface area is 180 Å². The van der Waals surface area contributed by atoms with Crippen molar-refractivity contribution < 1.29 is 19.1 Å². The Balaban J connectivity index is 2.00. The maximum Gasteiger partial charge on any atom is 0.339 e. The van der Waals surface area contributed by atoms with Crippen LogP contribution in [-0.4, -0.2) is 18.5 Å². The first-order valence-corrected chi connectivity index (χ1v) is 9.88. The fourth-order valence-electron chi connectivity index (χ4n) is 4.34. The molecule has 0 fully saturated rings. The van der Waals surface area contributed by atoms with Crippen molar-refractivity contribution in [2.75, 3.05) is 11.5 Å². The van der Waals surface area contributed by atoms with Crippen LogP contribution in [0.25, 0.3) is 0 Å². The highest BCUT2D eigenvalue weighted by molar-refractivity contribution is 6.18. The molecule has 7 nitrogen and oxygen atoms in total. The predicted molar refractivity (Wildman–Crippen MR) is 113 cm³/mol. The van der Waals surface area contributed by atoms with Crippen LogP contribution >= 0.6 is 0 Å². The normalized spacial score (nSPS) is 19.9. The number of nitrogens with zero attached hydrogens (tertiary/aromatic N) is 2. The number of nitrogens with two attached hydrogens (primary N) is 1. The summed E-state index contributed by atoms with van der Waals surface area (Å²) in [5.74, 6) is -1.22. The van der Waals surface area contributed by atoms with Crippen LogP contribution in [0, 0.1) is 11.3 Å². The molecule has 1 atom stereocenters. The van der Waals surface area contributed by atoms with Crippen molar-refractivity contribution in [3.63, 3.8) is 0 Å². The molecule has 0 aromatic heterocycles. The maximum atomic E-state index is 14.1. The summed E-state index contributed by atoms with van der Waals surface area (Å²) in [7, 11) is 0. The molecule has 0 saturated heterocycles. The van der Waals surface area contributed by atoms with Crippen molar-refractivity contribution in [3.05, 3.63) is 88.5 Å². The van der Waals surface area contributed by atoms with Gasteiger partial charge in [0.2, 0.25) is 11.8 Å². The molecule has 1 spiro atoms. The molecule has 1 unspecified atom stereocenters. The van der Waals surface area contributed by atoms with Gasteiger partial charge in [-0.1, -0.05) is 48.5 Å². The van der Waals surface area contributed by atoms with Crippen molar-refractivity contribution in [1.82, 2.24) is 0 Å². The van der Waals surface area contributed by atoms with Gasteiger partial charge < -0.3 is 20.1 Å². The molecule has 2 N–H and O–H groups in total. The van der Waals surface area contributed by atoms with Gasteiger partial charge in [-0.2, -0.15) is 5.26 Å². The van der Waals surface area contributed by atoms with Gasteiger partial charge in [-0.05, 0) is 25.5 Å². The zero-order valence-corrected chi connectivity index (χ0v) is 17.2. The van der Waals surface area contributed by atoms with E-state index in [0.717, 1.165) is 5.56 Å². The Hall–Kier alpha value is -4.05. The van der Waals surface area contributed by atoms with Crippen molar-refractivity contribution >= 4 is 17.6 Å². The number of anilines is 1. The Morgan fingerprint density at radius 2 is 1.87 bits per heavy atom. The van der Waals surface area contributed by atoms with Crippen molar-refractivity contribution in [1.29, 1.82) is 5.26 Å². The molecule has 2 aromatic carbocycles. The van der Waals surface area contributed by atoms with E-state index in [2.05, 4.69) is 0 Å². The number of fused-ring (bicyclic) bond motifs is 2. The van der Waals surface area contributed by atoms with Gasteiger partial charge in [0.25, 0.3) is 0 Å². The molecule has 0 radical (unpaired) electrons. The van der Waals surface area contributed by atoms with E-state index >= 15 is 0 Å². The van der Waals surface area contributed by atoms with Crippen LogP contribution in [-0.2, 0) is 31.0 Å². The topological polar surface area (TPSA) is 106 Å². The fourth-order valence-corrected chi connectivity index (χ4v) is 4.34. The molecule has 31 heavy (non-hydrogen) atoms. The zero-order chi connectivity index (χ0) is 22.2. The minimum Gasteiger partial charge on any atom is -0.462 e. The van der Waals surface area contributed by atoms with Gasteiger partial charge in [0, 0.05) is 11.3 Å². The number of amides is 1. The second-order valence-corrected chi connectivity index (χ2v) is 7.25. The third-order valence-corrected chi connectivity index (χ3v) is 5.55. The summed E-state index contributed by atoms with van der Waals surface area (Å²) in [6.07, 6.45) is 0. The van der Waals surface area contributed by atoms with Gasteiger partial charge in [-0.25, -0.2) is 4.79 Å². The summed E-state index contributed by atoms with van der Waals surface area (Å²) in [6.45, 7) is 3.60. The average Bonchev–Trinajstić information content (AvgIpc) is 2.98. The molecule has 4 rings (SSSR count). The molecular formula is C24H21N3O4. The van der Waals surface area contributed by atoms with Crippen LogP contribution in [0.1, 0.15) is 25.0 Å². The Kier molecular flexibility index (Phi) is 4.99. The summed E-state index contributed by atoms with van der Waals surface area (Å²) in [4.78, 5) is 28.7. The molecule has 2 aliphatic heterocycles. The van der Waals surface area contributed by atoms with Crippen molar-refractivity contribution in [2.24, 2.45) is 5.73 Å². The molecule has 1 amide bonds. The van der Waals surface area contributed by atoms with Crippen molar-refractivity contribution in [2.45, 2.75) is 25.8 Å². The Morgan fingerprint density at radius 3 is 2.55 bits per heavy atom. The van der Waals surface area contributed by atoms with E-state index in [-0.39, 0.29) is 35.9 Å². The lowest BCUT2D eigenvalue weighted by Gasteiger charge is -2.34. The van der Waals surface area contributed by atoms with Crippen LogP contribution in [0.15, 0.2) is 77.4 Å². The molecule has 0 saturated carbocycles. The molecule has 0 aliphatic carbocycles. The quantitative estimate of drug-likeness (QED) is 0.770. The Morgan fingerprint density at radius 1 is 1.19 bits per heavy atom. The number of allylic oxidation sites excluding steroid dienone is 1. The van der Waals surface area contributed by atoms with E-state index in [1.165, 1.54) is 0 Å². The SMILES string of the molecule is CCOC(=O)C1=C(C)OC(N)=C(C#N)C12C(=O)N(Cc1ccccc1)c1ccccc12. The van der Waals surface area contributed by atoms with Gasteiger partial charge in [-0.3, -0.25) is 4.79 Å². The lowest BCUT2D eigenvalue weighted by molar-refractivity contribution is -0.141. The standard InChI is InChI=1S/C24H21N3O4/c1-3-30-22(28)20-15(2)31-21(26)18(13-25)24(20)17-11-7-8-12-19(17)27(23(24)29)14-16-9-5-4-6-10-16/h4-12H,3,14,26H2,1-2H3. The van der Waals surface area contributed by atoms with Crippen LogP contribution < -0.4 is 10.6 Å². The number of rotatable bonds is 4. The van der Waals surface area contributed by atoms with E-state index in [1.807, 2.05) is 42.5 Å². The van der Waals surface area contributed by atoms with E-state index in [4.69, 9.17) is 15.2 Å². The minimum absolute atomic E-state index is 0.0203. The number of benzene rings is 2. The van der Waals surface area contributed by atoms with E-state index < -0.39 is 17.3 Å². The van der Waals surface area contributed by atoms with Gasteiger partial charge in [0.1, 0.15) is 23.0 Å². The number of ether oxygens (including phenoxy) is 2. The number of carbonyl (C=O) groups is 2. The van der Waals surface area contributed by atoms with Crippen LogP contribution in [0.5, 0.6) is 0 Å². The third-order valence-electron chi connectivity index (χ3n) is 5.55. The molecular weight excluding hydrogens is 394 g/mol. The maximum absolute atomic E-state index is 14.1. The van der Waals surface area contributed by atoms with Crippen LogP contribution in [0.3, 0.4) is 0 Å². The van der Waals surface area contributed by atoms with Gasteiger partial charge >= 0.3 is 5.97 Å². The second kappa shape index (κ2) is 7.65. The largest absolute Gasteiger partial charge is 0.462 e. The first kappa shape index (κ1) is 20.2. The van der Waals surface area contributed by atoms with Crippen LogP contribution in [0.4, 0.5) is 5.69 Å². The average molecular weight is 415 g/mol. The van der Waals surface area contributed by atoms with E-state index in [1.54, 1.807) is 36.9 Å². The third kappa shape index (κ3) is 2.88. The van der Waals surface area contributed by atoms with Crippen molar-refractivity contribution in [3.8, 4) is 6.07 Å². The fraction of sp³-hybridized carbons (Fsp3) is 0.208. The highest BCUT2D eigenvalue weighted by atomic mass is 16.5. The van der Waals surface area contributed by atoms with Gasteiger partial charge in [0.05, 0.1) is 13.2 Å². The molecule has 0 bridgehead atoms. The zero-order valence-electron chi connectivity index (χ0n) is 17.2. The number of nitriles is 1. The predicted octanol–water partition coefficient (Wildman–Crippen LogP) is 3.03. The number of para-hydroxylation sites is 1. The van der Waals surface area contributed by atoms with E-state index in [9.17, 15) is 14.9 Å². The highest BCUT2D eigenvalue weighted by Gasteiger charge is 2.62. The molecule has 2 aromatic rings.